The Kier molecular flexibility index (Phi) is 5.81. The van der Waals surface area contributed by atoms with Crippen molar-refractivity contribution in [3.05, 3.63) is 88.5 Å². The van der Waals surface area contributed by atoms with Crippen LogP contribution in [0.1, 0.15) is 51.4 Å². The SMILES string of the molecule is O=C1c2c(Cl)cccc2CN1Cc1nc2cccc(C(=O)N3CCC4(CC3)CCN(c3ccncc3)C4)c2[nH]1. The molecule has 5 heterocycles. The summed E-state index contributed by atoms with van der Waals surface area (Å²) in [6.45, 7) is 4.40. The van der Waals surface area contributed by atoms with E-state index in [1.807, 2.05) is 47.6 Å². The number of aromatic nitrogens is 3. The van der Waals surface area contributed by atoms with Crippen LogP contribution in [-0.4, -0.2) is 62.7 Å². The van der Waals surface area contributed by atoms with Crippen LogP contribution in [0.3, 0.4) is 0 Å². The van der Waals surface area contributed by atoms with Gasteiger partial charge in [0.25, 0.3) is 11.8 Å². The average Bonchev–Trinajstić information content (AvgIpc) is 3.65. The second kappa shape index (κ2) is 9.38. The first-order valence-electron chi connectivity index (χ1n) is 13.5. The van der Waals surface area contributed by atoms with Gasteiger partial charge < -0.3 is 19.7 Å². The summed E-state index contributed by atoms with van der Waals surface area (Å²) < 4.78 is 0. The van der Waals surface area contributed by atoms with E-state index in [1.165, 1.54) is 5.69 Å². The lowest BCUT2D eigenvalue weighted by molar-refractivity contribution is 0.0611. The molecular formula is C30H29ClN6O2. The second-order valence-electron chi connectivity index (χ2n) is 11.0. The number of halogens is 1. The Morgan fingerprint density at radius 3 is 2.56 bits per heavy atom. The third-order valence-corrected chi connectivity index (χ3v) is 8.99. The lowest BCUT2D eigenvalue weighted by Gasteiger charge is -2.39. The first kappa shape index (κ1) is 24.2. The molecule has 2 saturated heterocycles. The Labute approximate surface area is 231 Å². The molecule has 8 nitrogen and oxygen atoms in total. The standard InChI is InChI=1S/C30H29ClN6O2/c31-23-5-1-3-20-17-37(29(39)26(20)23)18-25-33-24-6-2-4-22(27(24)34-25)28(38)35-14-9-30(10-15-35)11-16-36(19-30)21-7-12-32-13-8-21/h1-8,12-13H,9-11,14-19H2,(H,33,34). The zero-order valence-corrected chi connectivity index (χ0v) is 22.3. The fraction of sp³-hybridized carbons (Fsp3) is 0.333. The Balaban J connectivity index is 1.05. The van der Waals surface area contributed by atoms with E-state index < -0.39 is 0 Å². The number of likely N-dealkylation sites (tertiary alicyclic amines) is 1. The highest BCUT2D eigenvalue weighted by molar-refractivity contribution is 6.34. The number of H-pyrrole nitrogens is 1. The molecule has 0 radical (unpaired) electrons. The molecule has 2 amide bonds. The molecule has 3 aliphatic heterocycles. The summed E-state index contributed by atoms with van der Waals surface area (Å²) in [7, 11) is 0. The van der Waals surface area contributed by atoms with Gasteiger partial charge in [-0.2, -0.15) is 0 Å². The number of hydrogen-bond donors (Lipinski definition) is 1. The van der Waals surface area contributed by atoms with E-state index in [4.69, 9.17) is 16.6 Å². The summed E-state index contributed by atoms with van der Waals surface area (Å²) in [5, 5.41) is 0.475. The van der Waals surface area contributed by atoms with Gasteiger partial charge in [-0.05, 0) is 60.6 Å². The van der Waals surface area contributed by atoms with Crippen molar-refractivity contribution in [2.45, 2.75) is 32.4 Å². The summed E-state index contributed by atoms with van der Waals surface area (Å²) in [5.41, 5.74) is 5.07. The molecule has 2 aromatic heterocycles. The number of carbonyl (C=O) groups is 2. The minimum Gasteiger partial charge on any atom is -0.371 e. The molecule has 2 aromatic carbocycles. The minimum atomic E-state index is -0.0935. The normalized spacial score (nSPS) is 18.4. The fourth-order valence-electron chi connectivity index (χ4n) is 6.49. The first-order valence-corrected chi connectivity index (χ1v) is 13.9. The van der Waals surface area contributed by atoms with Crippen molar-refractivity contribution in [3.63, 3.8) is 0 Å². The number of imidazole rings is 1. The van der Waals surface area contributed by atoms with Crippen molar-refractivity contribution in [2.75, 3.05) is 31.1 Å². The third kappa shape index (κ3) is 4.23. The van der Waals surface area contributed by atoms with E-state index in [9.17, 15) is 9.59 Å². The predicted octanol–water partition coefficient (Wildman–Crippen LogP) is 4.90. The van der Waals surface area contributed by atoms with E-state index in [0.717, 1.165) is 62.0 Å². The van der Waals surface area contributed by atoms with Crippen molar-refractivity contribution in [1.29, 1.82) is 0 Å². The fourth-order valence-corrected chi connectivity index (χ4v) is 6.77. The van der Waals surface area contributed by atoms with E-state index in [-0.39, 0.29) is 17.2 Å². The monoisotopic (exact) mass is 540 g/mol. The van der Waals surface area contributed by atoms with Crippen molar-refractivity contribution in [2.24, 2.45) is 5.41 Å². The molecule has 3 aliphatic rings. The number of carbonyl (C=O) groups excluding carboxylic acids is 2. The number of piperidine rings is 1. The Hall–Kier alpha value is -3.91. The Morgan fingerprint density at radius 1 is 1.00 bits per heavy atom. The molecule has 2 fully saturated rings. The van der Waals surface area contributed by atoms with Crippen LogP contribution in [0.2, 0.25) is 5.02 Å². The van der Waals surface area contributed by atoms with E-state index in [2.05, 4.69) is 27.0 Å². The molecule has 198 valence electrons. The quantitative estimate of drug-likeness (QED) is 0.398. The van der Waals surface area contributed by atoms with Gasteiger partial charge in [0.15, 0.2) is 0 Å². The Morgan fingerprint density at radius 2 is 1.77 bits per heavy atom. The molecule has 39 heavy (non-hydrogen) atoms. The Bertz CT molecular complexity index is 1580. The highest BCUT2D eigenvalue weighted by Crippen LogP contribution is 2.42. The molecule has 0 aliphatic carbocycles. The number of anilines is 1. The number of benzene rings is 2. The molecule has 0 unspecified atom stereocenters. The minimum absolute atomic E-state index is 0.0334. The van der Waals surface area contributed by atoms with Gasteiger partial charge in [-0.1, -0.05) is 29.8 Å². The summed E-state index contributed by atoms with van der Waals surface area (Å²) in [6.07, 6.45) is 6.86. The summed E-state index contributed by atoms with van der Waals surface area (Å²) in [6, 6.07) is 15.3. The van der Waals surface area contributed by atoms with Crippen molar-refractivity contribution < 1.29 is 9.59 Å². The van der Waals surface area contributed by atoms with Crippen LogP contribution in [0, 0.1) is 5.41 Å². The summed E-state index contributed by atoms with van der Waals surface area (Å²) in [5.74, 6) is 0.595. The average molecular weight is 541 g/mol. The maximum absolute atomic E-state index is 13.7. The number of rotatable bonds is 4. The number of pyridine rings is 1. The van der Waals surface area contributed by atoms with Crippen molar-refractivity contribution in [1.82, 2.24) is 24.8 Å². The zero-order valence-electron chi connectivity index (χ0n) is 21.6. The van der Waals surface area contributed by atoms with Gasteiger partial charge in [-0.3, -0.25) is 14.6 Å². The highest BCUT2D eigenvalue weighted by atomic mass is 35.5. The lowest BCUT2D eigenvalue weighted by atomic mass is 9.77. The highest BCUT2D eigenvalue weighted by Gasteiger charge is 2.41. The second-order valence-corrected chi connectivity index (χ2v) is 11.4. The maximum atomic E-state index is 13.7. The number of aromatic amines is 1. The summed E-state index contributed by atoms with van der Waals surface area (Å²) in [4.78, 5) is 45.0. The first-order chi connectivity index (χ1) is 19.0. The van der Waals surface area contributed by atoms with Crippen LogP contribution >= 0.6 is 11.6 Å². The molecule has 0 atom stereocenters. The molecular weight excluding hydrogens is 512 g/mol. The molecule has 1 N–H and O–H groups in total. The van der Waals surface area contributed by atoms with Gasteiger partial charge in [0, 0.05) is 50.8 Å². The van der Waals surface area contributed by atoms with Crippen LogP contribution in [0.5, 0.6) is 0 Å². The topological polar surface area (TPSA) is 85.4 Å². The number of amides is 2. The predicted molar refractivity (Wildman–Crippen MR) is 150 cm³/mol. The smallest absolute Gasteiger partial charge is 0.256 e. The number of nitrogens with zero attached hydrogens (tertiary/aromatic N) is 5. The molecule has 0 saturated carbocycles. The van der Waals surface area contributed by atoms with E-state index in [0.29, 0.717) is 35.1 Å². The van der Waals surface area contributed by atoms with Crippen LogP contribution in [-0.2, 0) is 13.1 Å². The molecule has 7 rings (SSSR count). The van der Waals surface area contributed by atoms with Gasteiger partial charge >= 0.3 is 0 Å². The van der Waals surface area contributed by atoms with Gasteiger partial charge in [0.2, 0.25) is 0 Å². The van der Waals surface area contributed by atoms with Crippen LogP contribution in [0.4, 0.5) is 5.69 Å². The summed E-state index contributed by atoms with van der Waals surface area (Å²) >= 11 is 6.28. The van der Waals surface area contributed by atoms with Crippen LogP contribution < -0.4 is 4.90 Å². The molecule has 0 bridgehead atoms. The van der Waals surface area contributed by atoms with Gasteiger partial charge in [0.05, 0.1) is 33.7 Å². The van der Waals surface area contributed by atoms with Gasteiger partial charge in [0.1, 0.15) is 5.82 Å². The van der Waals surface area contributed by atoms with Crippen LogP contribution in [0.15, 0.2) is 60.9 Å². The number of para-hydroxylation sites is 1. The number of nitrogens with one attached hydrogen (secondary N) is 1. The molecule has 4 aromatic rings. The third-order valence-electron chi connectivity index (χ3n) is 8.68. The van der Waals surface area contributed by atoms with Crippen molar-refractivity contribution >= 4 is 40.1 Å². The molecule has 1 spiro atoms. The lowest BCUT2D eigenvalue weighted by Crippen LogP contribution is -2.44. The van der Waals surface area contributed by atoms with Gasteiger partial charge in [-0.15, -0.1) is 0 Å². The van der Waals surface area contributed by atoms with E-state index >= 15 is 0 Å². The largest absolute Gasteiger partial charge is 0.371 e. The molecule has 9 heteroatoms. The van der Waals surface area contributed by atoms with Gasteiger partial charge in [-0.25, -0.2) is 4.98 Å². The van der Waals surface area contributed by atoms with Crippen molar-refractivity contribution in [3.8, 4) is 0 Å². The van der Waals surface area contributed by atoms with E-state index in [1.54, 1.807) is 11.0 Å². The zero-order chi connectivity index (χ0) is 26.6. The maximum Gasteiger partial charge on any atom is 0.256 e. The van der Waals surface area contributed by atoms with Crippen LogP contribution in [0.25, 0.3) is 11.0 Å². The number of fused-ring (bicyclic) bond motifs is 2. The number of hydrogen-bond acceptors (Lipinski definition) is 5.